The lowest BCUT2D eigenvalue weighted by Crippen LogP contribution is -1.90. The van der Waals surface area contributed by atoms with Crippen molar-refractivity contribution in [2.45, 2.75) is 0 Å². The Morgan fingerprint density at radius 3 is 3.06 bits per heavy atom. The number of nitrogens with zero attached hydrogens (tertiary/aromatic N) is 4. The number of aromatic nitrogens is 4. The third kappa shape index (κ3) is 1.18. The number of furan rings is 1. The maximum atomic E-state index is 5.51. The average Bonchev–Trinajstić information content (AvgIpc) is 3.06. The highest BCUT2D eigenvalue weighted by Crippen LogP contribution is 2.29. The van der Waals surface area contributed by atoms with Crippen molar-refractivity contribution in [2.24, 2.45) is 0 Å². The van der Waals surface area contributed by atoms with Gasteiger partial charge in [-0.3, -0.25) is 4.98 Å². The lowest BCUT2D eigenvalue weighted by Gasteiger charge is -2.03. The standard InChI is InChI=1S/C13H8N4O/c1-2-10(13-15-8-16-17(13)6-1)9-3-5-14-11-4-7-18-12(9)11/h1-8H. The van der Waals surface area contributed by atoms with Crippen molar-refractivity contribution in [1.29, 1.82) is 0 Å². The molecule has 0 bridgehead atoms. The second-order valence-corrected chi connectivity index (χ2v) is 3.94. The SMILES string of the molecule is c1cc(-c2ccnc3ccoc23)c2ncnn2c1. The van der Waals surface area contributed by atoms with E-state index in [4.69, 9.17) is 4.42 Å². The monoisotopic (exact) mass is 236 g/mol. The van der Waals surface area contributed by atoms with Gasteiger partial charge in [0.05, 0.1) is 6.26 Å². The van der Waals surface area contributed by atoms with Gasteiger partial charge in [-0.25, -0.2) is 9.50 Å². The molecule has 0 saturated carbocycles. The van der Waals surface area contributed by atoms with Crippen molar-refractivity contribution in [2.75, 3.05) is 0 Å². The number of pyridine rings is 2. The molecule has 0 radical (unpaired) electrons. The molecule has 0 saturated heterocycles. The summed E-state index contributed by atoms with van der Waals surface area (Å²) in [5.74, 6) is 0. The molecule has 0 N–H and O–H groups in total. The van der Waals surface area contributed by atoms with Crippen LogP contribution in [0, 0.1) is 0 Å². The fraction of sp³-hybridized carbons (Fsp3) is 0. The van der Waals surface area contributed by atoms with Gasteiger partial charge >= 0.3 is 0 Å². The van der Waals surface area contributed by atoms with E-state index in [1.165, 1.54) is 0 Å². The lowest BCUT2D eigenvalue weighted by atomic mass is 10.1. The molecule has 18 heavy (non-hydrogen) atoms. The van der Waals surface area contributed by atoms with Crippen LogP contribution >= 0.6 is 0 Å². The van der Waals surface area contributed by atoms with E-state index >= 15 is 0 Å². The number of hydrogen-bond acceptors (Lipinski definition) is 4. The number of fused-ring (bicyclic) bond motifs is 2. The largest absolute Gasteiger partial charge is 0.462 e. The van der Waals surface area contributed by atoms with Crippen molar-refractivity contribution >= 4 is 16.7 Å². The van der Waals surface area contributed by atoms with Crippen molar-refractivity contribution in [1.82, 2.24) is 19.6 Å². The normalized spacial score (nSPS) is 11.3. The van der Waals surface area contributed by atoms with Gasteiger partial charge in [-0.1, -0.05) is 0 Å². The highest BCUT2D eigenvalue weighted by molar-refractivity contribution is 5.93. The van der Waals surface area contributed by atoms with Crippen molar-refractivity contribution in [3.8, 4) is 11.1 Å². The van der Waals surface area contributed by atoms with Crippen LogP contribution in [0.25, 0.3) is 27.9 Å². The smallest absolute Gasteiger partial charge is 0.163 e. The highest BCUT2D eigenvalue weighted by Gasteiger charge is 2.11. The molecule has 4 aromatic heterocycles. The lowest BCUT2D eigenvalue weighted by molar-refractivity contribution is 0.616. The van der Waals surface area contributed by atoms with E-state index in [1.54, 1.807) is 23.3 Å². The topological polar surface area (TPSA) is 56.2 Å². The summed E-state index contributed by atoms with van der Waals surface area (Å²) in [6, 6.07) is 7.71. The number of rotatable bonds is 1. The molecule has 0 aliphatic carbocycles. The molecule has 4 heterocycles. The van der Waals surface area contributed by atoms with Crippen molar-refractivity contribution in [3.05, 3.63) is 49.2 Å². The van der Waals surface area contributed by atoms with E-state index < -0.39 is 0 Å². The van der Waals surface area contributed by atoms with Gasteiger partial charge in [-0.2, -0.15) is 5.10 Å². The molecule has 86 valence electrons. The number of hydrogen-bond donors (Lipinski definition) is 0. The first-order valence-corrected chi connectivity index (χ1v) is 5.54. The van der Waals surface area contributed by atoms with Gasteiger partial charge in [0.25, 0.3) is 0 Å². The van der Waals surface area contributed by atoms with Crippen LogP contribution in [0.5, 0.6) is 0 Å². The Balaban J connectivity index is 2.13. The molecule has 5 nitrogen and oxygen atoms in total. The summed E-state index contributed by atoms with van der Waals surface area (Å²) in [6.45, 7) is 0. The Kier molecular flexibility index (Phi) is 1.77. The minimum Gasteiger partial charge on any atom is -0.462 e. The van der Waals surface area contributed by atoms with Crippen LogP contribution in [0.1, 0.15) is 0 Å². The Morgan fingerprint density at radius 1 is 1.06 bits per heavy atom. The third-order valence-corrected chi connectivity index (χ3v) is 2.94. The van der Waals surface area contributed by atoms with Gasteiger partial charge in [-0.15, -0.1) is 0 Å². The van der Waals surface area contributed by atoms with E-state index in [2.05, 4.69) is 15.1 Å². The van der Waals surface area contributed by atoms with Crippen LogP contribution in [0.4, 0.5) is 0 Å². The van der Waals surface area contributed by atoms with Gasteiger partial charge < -0.3 is 4.42 Å². The van der Waals surface area contributed by atoms with E-state index in [9.17, 15) is 0 Å². The predicted molar refractivity (Wildman–Crippen MR) is 66.0 cm³/mol. The second-order valence-electron chi connectivity index (χ2n) is 3.94. The van der Waals surface area contributed by atoms with E-state index in [0.717, 1.165) is 27.9 Å². The summed E-state index contributed by atoms with van der Waals surface area (Å²) in [7, 11) is 0. The fourth-order valence-electron chi connectivity index (χ4n) is 2.14. The zero-order valence-electron chi connectivity index (χ0n) is 9.32. The van der Waals surface area contributed by atoms with Gasteiger partial charge in [0.2, 0.25) is 0 Å². The highest BCUT2D eigenvalue weighted by atomic mass is 16.3. The summed E-state index contributed by atoms with van der Waals surface area (Å²) in [5, 5.41) is 4.13. The van der Waals surface area contributed by atoms with Crippen LogP contribution in [-0.4, -0.2) is 19.6 Å². The zero-order valence-corrected chi connectivity index (χ0v) is 9.32. The Morgan fingerprint density at radius 2 is 2.06 bits per heavy atom. The van der Waals surface area contributed by atoms with Crippen LogP contribution in [0.2, 0.25) is 0 Å². The molecule has 0 aromatic carbocycles. The zero-order chi connectivity index (χ0) is 11.9. The van der Waals surface area contributed by atoms with Crippen LogP contribution < -0.4 is 0 Å². The molecule has 0 unspecified atom stereocenters. The Bertz CT molecular complexity index is 774. The maximum absolute atomic E-state index is 5.51. The molecule has 0 aliphatic heterocycles. The van der Waals surface area contributed by atoms with E-state index in [1.807, 2.05) is 30.5 Å². The molecule has 0 amide bonds. The van der Waals surface area contributed by atoms with Crippen molar-refractivity contribution < 1.29 is 4.42 Å². The maximum Gasteiger partial charge on any atom is 0.163 e. The summed E-state index contributed by atoms with van der Waals surface area (Å²) in [6.07, 6.45) is 6.82. The fourth-order valence-corrected chi connectivity index (χ4v) is 2.14. The molecule has 0 fully saturated rings. The first-order chi connectivity index (χ1) is 8.93. The molecule has 4 rings (SSSR count). The predicted octanol–water partition coefficient (Wildman–Crippen LogP) is 2.54. The van der Waals surface area contributed by atoms with Gasteiger partial charge in [0, 0.05) is 29.6 Å². The van der Waals surface area contributed by atoms with E-state index in [0.29, 0.717) is 0 Å². The van der Waals surface area contributed by atoms with Gasteiger partial charge in [0.1, 0.15) is 11.8 Å². The Labute approximate surface area is 102 Å². The molecule has 0 aliphatic rings. The average molecular weight is 236 g/mol. The first-order valence-electron chi connectivity index (χ1n) is 5.54. The molecule has 4 aromatic rings. The molecule has 0 spiro atoms. The van der Waals surface area contributed by atoms with E-state index in [-0.39, 0.29) is 0 Å². The summed E-state index contributed by atoms with van der Waals surface area (Å²) in [5.41, 5.74) is 4.38. The second kappa shape index (κ2) is 3.40. The van der Waals surface area contributed by atoms with Crippen LogP contribution in [0.15, 0.2) is 53.7 Å². The molecule has 5 heteroatoms. The van der Waals surface area contributed by atoms with Crippen molar-refractivity contribution in [3.63, 3.8) is 0 Å². The summed E-state index contributed by atoms with van der Waals surface area (Å²) in [4.78, 5) is 8.53. The summed E-state index contributed by atoms with van der Waals surface area (Å²) < 4.78 is 7.25. The minimum absolute atomic E-state index is 0.772. The molecule has 0 atom stereocenters. The van der Waals surface area contributed by atoms with Gasteiger partial charge in [0.15, 0.2) is 11.2 Å². The quantitative estimate of drug-likeness (QED) is 0.509. The molecular weight excluding hydrogens is 228 g/mol. The molecular formula is C13H8N4O. The Hall–Kier alpha value is -2.69. The first kappa shape index (κ1) is 9.35. The summed E-state index contributed by atoms with van der Waals surface area (Å²) >= 11 is 0. The van der Waals surface area contributed by atoms with Crippen LogP contribution in [-0.2, 0) is 0 Å². The minimum atomic E-state index is 0.772. The van der Waals surface area contributed by atoms with Gasteiger partial charge in [-0.05, 0) is 18.2 Å². The third-order valence-electron chi connectivity index (χ3n) is 2.94. The van der Waals surface area contributed by atoms with Crippen LogP contribution in [0.3, 0.4) is 0 Å².